The summed E-state index contributed by atoms with van der Waals surface area (Å²) >= 11 is 7.58. The molecule has 0 aliphatic carbocycles. The number of halogens is 1. The maximum Gasteiger partial charge on any atom is 0.191 e. The molecule has 6 heteroatoms. The predicted octanol–water partition coefficient (Wildman–Crippen LogP) is 5.61. The van der Waals surface area contributed by atoms with Crippen molar-refractivity contribution in [2.45, 2.75) is 37.9 Å². The van der Waals surface area contributed by atoms with Gasteiger partial charge in [-0.2, -0.15) is 0 Å². The third-order valence-corrected chi connectivity index (χ3v) is 5.24. The summed E-state index contributed by atoms with van der Waals surface area (Å²) in [4.78, 5) is 0. The Labute approximate surface area is 169 Å². The van der Waals surface area contributed by atoms with Crippen LogP contribution >= 0.6 is 23.4 Å². The van der Waals surface area contributed by atoms with Crippen LogP contribution in [0.25, 0.3) is 0 Å². The fraction of sp³-hybridized carbons (Fsp3) is 0.238. The van der Waals surface area contributed by atoms with E-state index in [0.29, 0.717) is 13.2 Å². The van der Waals surface area contributed by atoms with Crippen molar-refractivity contribution in [3.63, 3.8) is 0 Å². The molecule has 1 heterocycles. The highest BCUT2D eigenvalue weighted by Crippen LogP contribution is 2.24. The van der Waals surface area contributed by atoms with Crippen LogP contribution in [-0.2, 0) is 18.9 Å². The van der Waals surface area contributed by atoms with Gasteiger partial charge in [-0.15, -0.1) is 16.8 Å². The Hall–Kier alpha value is -2.24. The van der Waals surface area contributed by atoms with E-state index in [4.69, 9.17) is 16.3 Å². The molecule has 0 spiro atoms. The van der Waals surface area contributed by atoms with Crippen LogP contribution in [0, 0.1) is 13.8 Å². The lowest BCUT2D eigenvalue weighted by Crippen LogP contribution is -2.07. The highest BCUT2D eigenvalue weighted by atomic mass is 35.5. The van der Waals surface area contributed by atoms with Gasteiger partial charge in [0.15, 0.2) is 11.0 Å². The lowest BCUT2D eigenvalue weighted by Gasteiger charge is -2.10. The Morgan fingerprint density at radius 3 is 2.48 bits per heavy atom. The van der Waals surface area contributed by atoms with Crippen LogP contribution in [0.2, 0.25) is 5.02 Å². The van der Waals surface area contributed by atoms with Crippen molar-refractivity contribution >= 4 is 23.4 Å². The second-order valence-electron chi connectivity index (χ2n) is 6.33. The zero-order valence-electron chi connectivity index (χ0n) is 15.5. The highest BCUT2D eigenvalue weighted by molar-refractivity contribution is 7.98. The van der Waals surface area contributed by atoms with E-state index in [1.165, 1.54) is 16.7 Å². The van der Waals surface area contributed by atoms with Gasteiger partial charge in [0, 0.05) is 17.3 Å². The Morgan fingerprint density at radius 1 is 1.11 bits per heavy atom. The molecule has 0 saturated heterocycles. The summed E-state index contributed by atoms with van der Waals surface area (Å²) in [6.45, 7) is 8.97. The molecule has 3 rings (SSSR count). The lowest BCUT2D eigenvalue weighted by atomic mass is 10.1. The summed E-state index contributed by atoms with van der Waals surface area (Å²) in [6, 6.07) is 14.0. The molecule has 0 N–H and O–H groups in total. The third kappa shape index (κ3) is 5.37. The van der Waals surface area contributed by atoms with Crippen LogP contribution in [0.4, 0.5) is 0 Å². The molecule has 2 aromatic carbocycles. The number of hydrogen-bond donors (Lipinski definition) is 0. The van der Waals surface area contributed by atoms with Crippen molar-refractivity contribution < 1.29 is 4.74 Å². The van der Waals surface area contributed by atoms with E-state index in [2.05, 4.69) is 36.7 Å². The van der Waals surface area contributed by atoms with Gasteiger partial charge in [-0.3, -0.25) is 4.57 Å². The summed E-state index contributed by atoms with van der Waals surface area (Å²) in [5.41, 5.74) is 3.54. The molecule has 0 amide bonds. The van der Waals surface area contributed by atoms with Crippen LogP contribution in [-0.4, -0.2) is 14.8 Å². The van der Waals surface area contributed by atoms with Gasteiger partial charge in [0.25, 0.3) is 0 Å². The minimum Gasteiger partial charge on any atom is -0.486 e. The number of rotatable bonds is 8. The molecular weight excluding hydrogens is 378 g/mol. The summed E-state index contributed by atoms with van der Waals surface area (Å²) in [7, 11) is 0. The number of allylic oxidation sites excluding steroid dienone is 1. The molecule has 140 valence electrons. The van der Waals surface area contributed by atoms with E-state index in [1.807, 2.05) is 47.0 Å². The first-order valence-electron chi connectivity index (χ1n) is 8.66. The van der Waals surface area contributed by atoms with Crippen molar-refractivity contribution in [1.82, 2.24) is 14.8 Å². The Balaban J connectivity index is 1.70. The molecule has 0 bridgehead atoms. The van der Waals surface area contributed by atoms with Crippen molar-refractivity contribution in [2.24, 2.45) is 0 Å². The van der Waals surface area contributed by atoms with E-state index in [1.54, 1.807) is 11.8 Å². The molecule has 0 aliphatic rings. The van der Waals surface area contributed by atoms with Crippen molar-refractivity contribution in [3.05, 3.63) is 82.7 Å². The maximum absolute atomic E-state index is 5.95. The Morgan fingerprint density at radius 2 is 1.81 bits per heavy atom. The summed E-state index contributed by atoms with van der Waals surface area (Å²) in [5.74, 6) is 2.42. The Kier molecular flexibility index (Phi) is 6.58. The summed E-state index contributed by atoms with van der Waals surface area (Å²) in [6.07, 6.45) is 1.84. The molecule has 0 saturated carbocycles. The van der Waals surface area contributed by atoms with Crippen molar-refractivity contribution in [2.75, 3.05) is 0 Å². The van der Waals surface area contributed by atoms with Gasteiger partial charge >= 0.3 is 0 Å². The molecule has 0 radical (unpaired) electrons. The number of thioether (sulfide) groups is 1. The first-order chi connectivity index (χ1) is 13.0. The molecule has 0 fully saturated rings. The number of ether oxygens (including phenoxy) is 1. The molecule has 0 atom stereocenters. The van der Waals surface area contributed by atoms with Crippen LogP contribution in [0.1, 0.15) is 22.5 Å². The topological polar surface area (TPSA) is 39.9 Å². The quantitative estimate of drug-likeness (QED) is 0.365. The van der Waals surface area contributed by atoms with E-state index in [-0.39, 0.29) is 0 Å². The third-order valence-electron chi connectivity index (χ3n) is 3.95. The molecule has 27 heavy (non-hydrogen) atoms. The first-order valence-corrected chi connectivity index (χ1v) is 10.0. The zero-order valence-corrected chi connectivity index (χ0v) is 17.1. The van der Waals surface area contributed by atoms with Gasteiger partial charge in [-0.1, -0.05) is 47.6 Å². The second kappa shape index (κ2) is 9.11. The van der Waals surface area contributed by atoms with Gasteiger partial charge in [0.05, 0.1) is 0 Å². The normalized spacial score (nSPS) is 10.8. The van der Waals surface area contributed by atoms with Crippen molar-refractivity contribution in [3.8, 4) is 5.75 Å². The lowest BCUT2D eigenvalue weighted by molar-refractivity contribution is 0.289. The average Bonchev–Trinajstić information content (AvgIpc) is 3.01. The molecule has 0 unspecified atom stereocenters. The van der Waals surface area contributed by atoms with Gasteiger partial charge in [0.1, 0.15) is 12.4 Å². The number of aromatic nitrogens is 3. The van der Waals surface area contributed by atoms with Gasteiger partial charge in [0.2, 0.25) is 0 Å². The van der Waals surface area contributed by atoms with Crippen molar-refractivity contribution in [1.29, 1.82) is 0 Å². The fourth-order valence-corrected chi connectivity index (χ4v) is 3.79. The summed E-state index contributed by atoms with van der Waals surface area (Å²) < 4.78 is 7.99. The smallest absolute Gasteiger partial charge is 0.191 e. The molecular formula is C21H22ClN3OS. The minimum atomic E-state index is 0.366. The van der Waals surface area contributed by atoms with Gasteiger partial charge in [-0.05, 0) is 54.8 Å². The number of benzene rings is 2. The predicted molar refractivity (Wildman–Crippen MR) is 111 cm³/mol. The first kappa shape index (κ1) is 19.5. The SMILES string of the molecule is C=CCn1c(COc2cc(C)cc(C)c2)nnc1SCc1ccc(Cl)cc1. The van der Waals surface area contributed by atoms with Crippen LogP contribution in [0.5, 0.6) is 5.75 Å². The van der Waals surface area contributed by atoms with E-state index < -0.39 is 0 Å². The van der Waals surface area contributed by atoms with Gasteiger partial charge in [-0.25, -0.2) is 0 Å². The van der Waals surface area contributed by atoms with E-state index in [0.717, 1.165) is 27.5 Å². The minimum absolute atomic E-state index is 0.366. The largest absolute Gasteiger partial charge is 0.486 e. The standard InChI is InChI=1S/C21H22ClN3OS/c1-4-9-25-20(13-26-19-11-15(2)10-16(3)12-19)23-24-21(25)27-14-17-5-7-18(22)8-6-17/h4-8,10-12H,1,9,13-14H2,2-3H3. The van der Waals surface area contributed by atoms with E-state index >= 15 is 0 Å². The fourth-order valence-electron chi connectivity index (χ4n) is 2.74. The number of aryl methyl sites for hydroxylation is 2. The number of nitrogens with zero attached hydrogens (tertiary/aromatic N) is 3. The van der Waals surface area contributed by atoms with Crippen LogP contribution < -0.4 is 4.74 Å². The Bertz CT molecular complexity index is 901. The van der Waals surface area contributed by atoms with Gasteiger partial charge < -0.3 is 4.74 Å². The van der Waals surface area contributed by atoms with Crippen LogP contribution in [0.3, 0.4) is 0 Å². The van der Waals surface area contributed by atoms with Crippen LogP contribution in [0.15, 0.2) is 60.3 Å². The number of hydrogen-bond acceptors (Lipinski definition) is 4. The average molecular weight is 400 g/mol. The zero-order chi connectivity index (χ0) is 19.2. The second-order valence-corrected chi connectivity index (χ2v) is 7.70. The highest BCUT2D eigenvalue weighted by Gasteiger charge is 2.13. The maximum atomic E-state index is 5.95. The monoisotopic (exact) mass is 399 g/mol. The molecule has 1 aromatic heterocycles. The summed E-state index contributed by atoms with van der Waals surface area (Å²) in [5, 5.41) is 10.2. The molecule has 4 nitrogen and oxygen atoms in total. The molecule has 0 aliphatic heterocycles. The molecule has 3 aromatic rings. The van der Waals surface area contributed by atoms with E-state index in [9.17, 15) is 0 Å².